The third kappa shape index (κ3) is 5.13. The number of rotatable bonds is 5. The van der Waals surface area contributed by atoms with Gasteiger partial charge in [0.2, 0.25) is 0 Å². The molecule has 1 aliphatic rings. The molecular weight excluding hydrogens is 252 g/mol. The Hall–Kier alpha value is -1.07. The van der Waals surface area contributed by atoms with Crippen LogP contribution < -0.4 is 0 Å². The molecule has 0 aromatic heterocycles. The lowest BCUT2D eigenvalue weighted by Crippen LogP contribution is -2.56. The molecule has 0 aliphatic carbocycles. The second-order valence-electron chi connectivity index (χ2n) is 5.87. The summed E-state index contributed by atoms with van der Waals surface area (Å²) in [5, 5.41) is 0. The molecule has 0 radical (unpaired) electrons. The Morgan fingerprint density at radius 3 is 2.55 bits per heavy atom. The van der Waals surface area contributed by atoms with Crippen LogP contribution in [0, 0.1) is 0 Å². The largest absolute Gasteiger partial charge is 0.324 e. The van der Waals surface area contributed by atoms with Crippen LogP contribution in [0.3, 0.4) is 0 Å². The molecule has 1 aliphatic heterocycles. The summed E-state index contributed by atoms with van der Waals surface area (Å²) >= 11 is 0. The number of urea groups is 1. The monoisotopic (exact) mass is 282 g/mol. The molecule has 20 heavy (non-hydrogen) atoms. The van der Waals surface area contributed by atoms with E-state index in [9.17, 15) is 4.79 Å². The number of hydrogen-bond acceptors (Lipinski definition) is 3. The van der Waals surface area contributed by atoms with Gasteiger partial charge in [0.05, 0.1) is 0 Å². The van der Waals surface area contributed by atoms with Crippen molar-refractivity contribution in [2.45, 2.75) is 19.9 Å². The average molecular weight is 282 g/mol. The molecular formula is C15H30N4O. The number of allylic oxidation sites excluding steroid dienone is 1. The number of carbonyl (C=O) groups is 1. The Morgan fingerprint density at radius 1 is 1.30 bits per heavy atom. The zero-order valence-corrected chi connectivity index (χ0v) is 13.7. The second kappa shape index (κ2) is 8.27. The van der Waals surface area contributed by atoms with Crippen molar-refractivity contribution in [3.63, 3.8) is 0 Å². The van der Waals surface area contributed by atoms with Gasteiger partial charge in [0, 0.05) is 52.4 Å². The van der Waals surface area contributed by atoms with E-state index in [1.807, 2.05) is 31.0 Å². The van der Waals surface area contributed by atoms with Gasteiger partial charge in [0.1, 0.15) is 0 Å². The molecule has 0 bridgehead atoms. The van der Waals surface area contributed by atoms with E-state index < -0.39 is 0 Å². The number of nitrogens with zero attached hydrogens (tertiary/aromatic N) is 4. The Kier molecular flexibility index (Phi) is 7.02. The van der Waals surface area contributed by atoms with Crippen LogP contribution in [-0.2, 0) is 0 Å². The minimum Gasteiger partial charge on any atom is -0.324 e. The highest BCUT2D eigenvalue weighted by molar-refractivity contribution is 5.74. The molecule has 1 fully saturated rings. The maximum absolute atomic E-state index is 12.3. The molecule has 0 saturated carbocycles. The van der Waals surface area contributed by atoms with Crippen molar-refractivity contribution in [3.8, 4) is 0 Å². The number of likely N-dealkylation sites (N-methyl/N-ethyl adjacent to an activating group) is 2. The van der Waals surface area contributed by atoms with E-state index in [0.717, 1.165) is 32.7 Å². The molecule has 1 saturated heterocycles. The number of hydrogen-bond donors (Lipinski definition) is 0. The molecule has 0 N–H and O–H groups in total. The third-order valence-corrected chi connectivity index (χ3v) is 3.81. The summed E-state index contributed by atoms with van der Waals surface area (Å²) in [5.41, 5.74) is 0. The van der Waals surface area contributed by atoms with E-state index in [-0.39, 0.29) is 6.03 Å². The zero-order valence-electron chi connectivity index (χ0n) is 13.7. The number of carbonyl (C=O) groups excluding carboxylic acids is 1. The van der Waals surface area contributed by atoms with E-state index >= 15 is 0 Å². The highest BCUT2D eigenvalue weighted by atomic mass is 16.2. The topological polar surface area (TPSA) is 30.0 Å². The molecule has 5 heteroatoms. The minimum absolute atomic E-state index is 0.141. The Labute approximate surface area is 123 Å². The van der Waals surface area contributed by atoms with Gasteiger partial charge in [0.15, 0.2) is 0 Å². The Bertz CT molecular complexity index is 330. The van der Waals surface area contributed by atoms with Gasteiger partial charge in [-0.1, -0.05) is 12.2 Å². The molecule has 1 atom stereocenters. The van der Waals surface area contributed by atoms with E-state index in [1.165, 1.54) is 0 Å². The van der Waals surface area contributed by atoms with Gasteiger partial charge in [-0.3, -0.25) is 4.90 Å². The lowest BCUT2D eigenvalue weighted by atomic mass is 10.2. The van der Waals surface area contributed by atoms with Crippen LogP contribution in [0.25, 0.3) is 0 Å². The third-order valence-electron chi connectivity index (χ3n) is 3.81. The van der Waals surface area contributed by atoms with Crippen molar-refractivity contribution in [2.75, 3.05) is 60.4 Å². The summed E-state index contributed by atoms with van der Waals surface area (Å²) in [6, 6.07) is 0.574. The van der Waals surface area contributed by atoms with E-state index in [4.69, 9.17) is 0 Å². The van der Waals surface area contributed by atoms with Crippen LogP contribution >= 0.6 is 0 Å². The minimum atomic E-state index is 0.141. The van der Waals surface area contributed by atoms with Gasteiger partial charge in [-0.25, -0.2) is 4.79 Å². The molecule has 5 nitrogen and oxygen atoms in total. The standard InChI is InChI=1S/C15H30N4O/c1-6-7-8-17(5)15(20)19-12-11-18(14(2)13-19)10-9-16(3)4/h6-7,14H,8-13H2,1-5H3/b7-6-. The molecule has 1 rings (SSSR count). The van der Waals surface area contributed by atoms with Crippen LogP contribution in [0.15, 0.2) is 12.2 Å². The normalized spacial score (nSPS) is 20.9. The molecule has 1 heterocycles. The predicted molar refractivity (Wildman–Crippen MR) is 84.0 cm³/mol. The highest BCUT2D eigenvalue weighted by Gasteiger charge is 2.27. The molecule has 1 unspecified atom stereocenters. The van der Waals surface area contributed by atoms with Crippen LogP contribution in [0.5, 0.6) is 0 Å². The molecule has 0 spiro atoms. The highest BCUT2D eigenvalue weighted by Crippen LogP contribution is 2.11. The van der Waals surface area contributed by atoms with E-state index in [2.05, 4.69) is 30.8 Å². The van der Waals surface area contributed by atoms with Crippen molar-refractivity contribution < 1.29 is 4.79 Å². The SMILES string of the molecule is C/C=C\CN(C)C(=O)N1CCN(CCN(C)C)C(C)C1. The maximum Gasteiger partial charge on any atom is 0.320 e. The van der Waals surface area contributed by atoms with Crippen LogP contribution in [0.1, 0.15) is 13.8 Å². The first-order valence-corrected chi connectivity index (χ1v) is 7.45. The van der Waals surface area contributed by atoms with E-state index in [0.29, 0.717) is 12.6 Å². The first kappa shape index (κ1) is 17.0. The van der Waals surface area contributed by atoms with Gasteiger partial charge in [0.25, 0.3) is 0 Å². The van der Waals surface area contributed by atoms with Crippen molar-refractivity contribution in [2.24, 2.45) is 0 Å². The van der Waals surface area contributed by atoms with Gasteiger partial charge >= 0.3 is 6.03 Å². The molecule has 116 valence electrons. The first-order valence-electron chi connectivity index (χ1n) is 7.45. The second-order valence-corrected chi connectivity index (χ2v) is 5.87. The molecule has 2 amide bonds. The van der Waals surface area contributed by atoms with Crippen molar-refractivity contribution >= 4 is 6.03 Å². The summed E-state index contributed by atoms with van der Waals surface area (Å²) in [6.45, 7) is 9.64. The van der Waals surface area contributed by atoms with Gasteiger partial charge < -0.3 is 14.7 Å². The average Bonchev–Trinajstić information content (AvgIpc) is 2.42. The van der Waals surface area contributed by atoms with Gasteiger partial charge in [-0.2, -0.15) is 0 Å². The first-order chi connectivity index (χ1) is 9.45. The van der Waals surface area contributed by atoms with Crippen molar-refractivity contribution in [1.29, 1.82) is 0 Å². The fourth-order valence-electron chi connectivity index (χ4n) is 2.41. The van der Waals surface area contributed by atoms with Crippen LogP contribution in [-0.4, -0.2) is 92.1 Å². The summed E-state index contributed by atoms with van der Waals surface area (Å²) in [7, 11) is 6.06. The van der Waals surface area contributed by atoms with Crippen molar-refractivity contribution in [1.82, 2.24) is 19.6 Å². The fourth-order valence-corrected chi connectivity index (χ4v) is 2.41. The maximum atomic E-state index is 12.3. The lowest BCUT2D eigenvalue weighted by Gasteiger charge is -2.41. The van der Waals surface area contributed by atoms with Crippen LogP contribution in [0.2, 0.25) is 0 Å². The van der Waals surface area contributed by atoms with E-state index in [1.54, 1.807) is 4.90 Å². The summed E-state index contributed by atoms with van der Waals surface area (Å²) in [5.74, 6) is 0. The fraction of sp³-hybridized carbons (Fsp3) is 0.800. The molecule has 0 aromatic rings. The zero-order chi connectivity index (χ0) is 15.1. The number of amides is 2. The lowest BCUT2D eigenvalue weighted by molar-refractivity contribution is 0.0816. The number of piperazine rings is 1. The van der Waals surface area contributed by atoms with Crippen LogP contribution in [0.4, 0.5) is 4.79 Å². The van der Waals surface area contributed by atoms with Crippen molar-refractivity contribution in [3.05, 3.63) is 12.2 Å². The predicted octanol–water partition coefficient (Wildman–Crippen LogP) is 1.18. The van der Waals surface area contributed by atoms with Gasteiger partial charge in [-0.05, 0) is 27.9 Å². The van der Waals surface area contributed by atoms with Gasteiger partial charge in [-0.15, -0.1) is 0 Å². The quantitative estimate of drug-likeness (QED) is 0.709. The summed E-state index contributed by atoms with van der Waals surface area (Å²) in [4.78, 5) is 20.7. The summed E-state index contributed by atoms with van der Waals surface area (Å²) < 4.78 is 0. The molecule has 0 aromatic carbocycles. The Balaban J connectivity index is 2.44. The Morgan fingerprint density at radius 2 is 2.00 bits per heavy atom. The summed E-state index contributed by atoms with van der Waals surface area (Å²) in [6.07, 6.45) is 3.99. The smallest absolute Gasteiger partial charge is 0.320 e.